The summed E-state index contributed by atoms with van der Waals surface area (Å²) >= 11 is 0. The van der Waals surface area contributed by atoms with E-state index in [4.69, 9.17) is 0 Å². The van der Waals surface area contributed by atoms with Gasteiger partial charge in [0.2, 0.25) is 0 Å². The maximum Gasteiger partial charge on any atom is 0.130 e. The predicted octanol–water partition coefficient (Wildman–Crippen LogP) is 3.03. The molecular formula is C14H14O3. The number of rotatable bonds is 2. The minimum absolute atomic E-state index is 0.0328. The summed E-state index contributed by atoms with van der Waals surface area (Å²) in [4.78, 5) is 0. The standard InChI is InChI=1S/C14H14O3/c1-2-9-5-8-12(16)13(14(9)17)10-3-6-11(15)7-4-10/h3-8,15-17H,2H2,1H3. The Morgan fingerprint density at radius 2 is 1.53 bits per heavy atom. The van der Waals surface area contributed by atoms with E-state index < -0.39 is 0 Å². The Balaban J connectivity index is 2.61. The molecule has 3 nitrogen and oxygen atoms in total. The third-order valence-electron chi connectivity index (χ3n) is 2.78. The summed E-state index contributed by atoms with van der Waals surface area (Å²) in [5, 5.41) is 29.1. The highest BCUT2D eigenvalue weighted by molar-refractivity contribution is 5.77. The second kappa shape index (κ2) is 4.37. The van der Waals surface area contributed by atoms with Gasteiger partial charge in [-0.25, -0.2) is 0 Å². The molecule has 2 aromatic carbocycles. The lowest BCUT2D eigenvalue weighted by Gasteiger charge is -2.11. The lowest BCUT2D eigenvalue weighted by molar-refractivity contribution is 0.450. The molecule has 0 saturated carbocycles. The van der Waals surface area contributed by atoms with Gasteiger partial charge in [-0.15, -0.1) is 0 Å². The molecule has 0 bridgehead atoms. The van der Waals surface area contributed by atoms with Gasteiger partial charge in [0, 0.05) is 0 Å². The Kier molecular flexibility index (Phi) is 2.91. The molecule has 3 heteroatoms. The van der Waals surface area contributed by atoms with Crippen LogP contribution in [0.4, 0.5) is 0 Å². The second-order valence-corrected chi connectivity index (χ2v) is 3.87. The van der Waals surface area contributed by atoms with Crippen LogP contribution in [0.1, 0.15) is 12.5 Å². The molecule has 17 heavy (non-hydrogen) atoms. The normalized spacial score (nSPS) is 10.4. The maximum absolute atomic E-state index is 10.1. The molecule has 88 valence electrons. The molecule has 0 heterocycles. The van der Waals surface area contributed by atoms with E-state index in [1.54, 1.807) is 24.3 Å². The molecule has 0 amide bonds. The van der Waals surface area contributed by atoms with Gasteiger partial charge in [-0.3, -0.25) is 0 Å². The zero-order valence-corrected chi connectivity index (χ0v) is 9.51. The van der Waals surface area contributed by atoms with Crippen LogP contribution in [0.15, 0.2) is 36.4 Å². The van der Waals surface area contributed by atoms with Crippen LogP contribution in [0.25, 0.3) is 11.1 Å². The van der Waals surface area contributed by atoms with E-state index in [2.05, 4.69) is 0 Å². The number of phenolic OH excluding ortho intramolecular Hbond substituents is 3. The molecule has 0 spiro atoms. The van der Waals surface area contributed by atoms with Crippen LogP contribution in [0.3, 0.4) is 0 Å². The van der Waals surface area contributed by atoms with Crippen molar-refractivity contribution >= 4 is 0 Å². The molecular weight excluding hydrogens is 216 g/mol. The molecule has 0 saturated heterocycles. The molecule has 0 atom stereocenters. The number of hydrogen-bond acceptors (Lipinski definition) is 3. The Labute approximate surface area is 99.6 Å². The van der Waals surface area contributed by atoms with Crippen LogP contribution in [0, 0.1) is 0 Å². The number of benzene rings is 2. The smallest absolute Gasteiger partial charge is 0.130 e. The molecule has 0 aromatic heterocycles. The lowest BCUT2D eigenvalue weighted by Crippen LogP contribution is -1.87. The summed E-state index contributed by atoms with van der Waals surface area (Å²) < 4.78 is 0. The SMILES string of the molecule is CCc1ccc(O)c(-c2ccc(O)cc2)c1O. The highest BCUT2D eigenvalue weighted by Crippen LogP contribution is 2.39. The molecule has 0 aliphatic rings. The van der Waals surface area contributed by atoms with E-state index in [9.17, 15) is 15.3 Å². The number of phenols is 3. The third-order valence-corrected chi connectivity index (χ3v) is 2.78. The average molecular weight is 230 g/mol. The van der Waals surface area contributed by atoms with Crippen LogP contribution in [-0.4, -0.2) is 15.3 Å². The molecule has 2 aromatic rings. The van der Waals surface area contributed by atoms with E-state index in [0.717, 1.165) is 5.56 Å². The van der Waals surface area contributed by atoms with Gasteiger partial charge in [0.25, 0.3) is 0 Å². The van der Waals surface area contributed by atoms with Gasteiger partial charge in [-0.1, -0.05) is 25.1 Å². The van der Waals surface area contributed by atoms with Gasteiger partial charge in [0.05, 0.1) is 5.56 Å². The minimum atomic E-state index is 0.0328. The van der Waals surface area contributed by atoms with E-state index in [-0.39, 0.29) is 17.2 Å². The molecule has 0 unspecified atom stereocenters. The minimum Gasteiger partial charge on any atom is -0.508 e. The Morgan fingerprint density at radius 3 is 2.12 bits per heavy atom. The first-order chi connectivity index (χ1) is 8.13. The Morgan fingerprint density at radius 1 is 0.882 bits per heavy atom. The van der Waals surface area contributed by atoms with Crippen LogP contribution in [0.5, 0.6) is 17.2 Å². The first kappa shape index (κ1) is 11.3. The second-order valence-electron chi connectivity index (χ2n) is 3.87. The molecule has 0 radical (unpaired) electrons. The van der Waals surface area contributed by atoms with Gasteiger partial charge < -0.3 is 15.3 Å². The molecule has 0 aliphatic carbocycles. The molecule has 2 rings (SSSR count). The third kappa shape index (κ3) is 2.04. The zero-order chi connectivity index (χ0) is 12.4. The summed E-state index contributed by atoms with van der Waals surface area (Å²) in [5.74, 6) is 0.281. The molecule has 3 N–H and O–H groups in total. The quantitative estimate of drug-likeness (QED) is 0.743. The van der Waals surface area contributed by atoms with Crippen molar-refractivity contribution in [1.82, 2.24) is 0 Å². The highest BCUT2D eigenvalue weighted by Gasteiger charge is 2.13. The van der Waals surface area contributed by atoms with Gasteiger partial charge in [-0.05, 0) is 35.7 Å². The van der Waals surface area contributed by atoms with Crippen LogP contribution < -0.4 is 0 Å². The van der Waals surface area contributed by atoms with Crippen LogP contribution in [0.2, 0.25) is 0 Å². The number of aromatic hydroxyl groups is 3. The van der Waals surface area contributed by atoms with Crippen molar-refractivity contribution in [3.05, 3.63) is 42.0 Å². The van der Waals surface area contributed by atoms with Crippen molar-refractivity contribution in [1.29, 1.82) is 0 Å². The lowest BCUT2D eigenvalue weighted by atomic mass is 9.99. The Hall–Kier alpha value is -2.16. The topological polar surface area (TPSA) is 60.7 Å². The first-order valence-electron chi connectivity index (χ1n) is 5.46. The fourth-order valence-electron chi connectivity index (χ4n) is 1.82. The first-order valence-corrected chi connectivity index (χ1v) is 5.46. The highest BCUT2D eigenvalue weighted by atomic mass is 16.3. The summed E-state index contributed by atoms with van der Waals surface area (Å²) in [6, 6.07) is 9.63. The number of hydrogen-bond donors (Lipinski definition) is 3. The van der Waals surface area contributed by atoms with Crippen molar-refractivity contribution in [2.24, 2.45) is 0 Å². The van der Waals surface area contributed by atoms with E-state index >= 15 is 0 Å². The maximum atomic E-state index is 10.1. The van der Waals surface area contributed by atoms with Crippen molar-refractivity contribution in [2.45, 2.75) is 13.3 Å². The predicted molar refractivity (Wildman–Crippen MR) is 66.3 cm³/mol. The van der Waals surface area contributed by atoms with Crippen molar-refractivity contribution < 1.29 is 15.3 Å². The summed E-state index contributed by atoms with van der Waals surface area (Å²) in [6.07, 6.45) is 0.692. The van der Waals surface area contributed by atoms with Gasteiger partial charge in [-0.2, -0.15) is 0 Å². The summed E-state index contributed by atoms with van der Waals surface area (Å²) in [7, 11) is 0. The van der Waals surface area contributed by atoms with E-state index in [1.165, 1.54) is 12.1 Å². The zero-order valence-electron chi connectivity index (χ0n) is 9.51. The summed E-state index contributed by atoms with van der Waals surface area (Å²) in [6.45, 7) is 1.94. The average Bonchev–Trinajstić information content (AvgIpc) is 2.32. The fourth-order valence-corrected chi connectivity index (χ4v) is 1.82. The monoisotopic (exact) mass is 230 g/mol. The molecule has 0 aliphatic heterocycles. The van der Waals surface area contributed by atoms with Gasteiger partial charge in [0.15, 0.2) is 0 Å². The van der Waals surface area contributed by atoms with Crippen LogP contribution in [-0.2, 0) is 6.42 Å². The largest absolute Gasteiger partial charge is 0.508 e. The number of aryl methyl sites for hydroxylation is 1. The van der Waals surface area contributed by atoms with Crippen molar-refractivity contribution in [3.8, 4) is 28.4 Å². The van der Waals surface area contributed by atoms with E-state index in [1.807, 2.05) is 6.92 Å². The molecule has 0 fully saturated rings. The van der Waals surface area contributed by atoms with Gasteiger partial charge >= 0.3 is 0 Å². The Bertz CT molecular complexity index is 530. The van der Waals surface area contributed by atoms with E-state index in [0.29, 0.717) is 17.5 Å². The summed E-state index contributed by atoms with van der Waals surface area (Å²) in [5.41, 5.74) is 1.86. The van der Waals surface area contributed by atoms with Gasteiger partial charge in [0.1, 0.15) is 17.2 Å². The van der Waals surface area contributed by atoms with Crippen molar-refractivity contribution in [2.75, 3.05) is 0 Å². The van der Waals surface area contributed by atoms with Crippen molar-refractivity contribution in [3.63, 3.8) is 0 Å². The van der Waals surface area contributed by atoms with Crippen LogP contribution >= 0.6 is 0 Å². The fraction of sp³-hybridized carbons (Fsp3) is 0.143.